The van der Waals surface area contributed by atoms with Crippen LogP contribution in [0.15, 0.2) is 41.2 Å². The maximum absolute atomic E-state index is 12.3. The summed E-state index contributed by atoms with van der Waals surface area (Å²) in [5.74, 6) is 0.0532. The zero-order valence-corrected chi connectivity index (χ0v) is 9.40. The van der Waals surface area contributed by atoms with E-state index in [0.29, 0.717) is 5.56 Å². The number of hydrogen-bond acceptors (Lipinski definition) is 3. The maximum Gasteiger partial charge on any atom is 0.196 e. The summed E-state index contributed by atoms with van der Waals surface area (Å²) in [4.78, 5) is 12.3. The fourth-order valence-corrected chi connectivity index (χ4v) is 2.29. The average Bonchev–Trinajstić information content (AvgIpc) is 2.91. The Morgan fingerprint density at radius 2 is 2.24 bits per heavy atom. The fraction of sp³-hybridized carbons (Fsp3) is 0.214. The van der Waals surface area contributed by atoms with Crippen molar-refractivity contribution >= 4 is 5.78 Å². The van der Waals surface area contributed by atoms with Crippen LogP contribution in [-0.2, 0) is 13.0 Å². The SMILES string of the molecule is O=C(c1ccoc1)c1cccc2c1CCNC2. The summed E-state index contributed by atoms with van der Waals surface area (Å²) in [6, 6.07) is 7.63. The van der Waals surface area contributed by atoms with E-state index in [9.17, 15) is 4.79 Å². The molecule has 0 aliphatic carbocycles. The molecule has 0 bridgehead atoms. The number of fused-ring (bicyclic) bond motifs is 1. The van der Waals surface area contributed by atoms with E-state index in [0.717, 1.165) is 25.1 Å². The van der Waals surface area contributed by atoms with Gasteiger partial charge in [0.2, 0.25) is 0 Å². The van der Waals surface area contributed by atoms with Gasteiger partial charge in [0.15, 0.2) is 5.78 Å². The van der Waals surface area contributed by atoms with Crippen LogP contribution in [0.5, 0.6) is 0 Å². The molecule has 0 saturated heterocycles. The molecule has 1 aliphatic heterocycles. The quantitative estimate of drug-likeness (QED) is 0.799. The second kappa shape index (κ2) is 4.18. The molecule has 0 unspecified atom stereocenters. The van der Waals surface area contributed by atoms with Gasteiger partial charge in [-0.15, -0.1) is 0 Å². The number of ketones is 1. The van der Waals surface area contributed by atoms with Gasteiger partial charge in [-0.05, 0) is 30.2 Å². The second-order valence-corrected chi connectivity index (χ2v) is 4.21. The van der Waals surface area contributed by atoms with Crippen molar-refractivity contribution in [1.29, 1.82) is 0 Å². The molecule has 0 amide bonds. The molecule has 0 atom stereocenters. The van der Waals surface area contributed by atoms with Gasteiger partial charge in [0, 0.05) is 12.1 Å². The molecular formula is C14H13NO2. The normalized spacial score (nSPS) is 14.4. The lowest BCUT2D eigenvalue weighted by atomic mass is 9.92. The Morgan fingerprint density at radius 1 is 1.29 bits per heavy atom. The topological polar surface area (TPSA) is 42.2 Å². The highest BCUT2D eigenvalue weighted by atomic mass is 16.3. The summed E-state index contributed by atoms with van der Waals surface area (Å²) < 4.78 is 4.97. The molecule has 3 heteroatoms. The van der Waals surface area contributed by atoms with Gasteiger partial charge < -0.3 is 9.73 Å². The van der Waals surface area contributed by atoms with Crippen LogP contribution in [0.25, 0.3) is 0 Å². The Bertz CT molecular complexity index is 543. The minimum absolute atomic E-state index is 0.0532. The molecule has 1 aromatic carbocycles. The zero-order valence-electron chi connectivity index (χ0n) is 9.40. The van der Waals surface area contributed by atoms with Gasteiger partial charge in [0.05, 0.1) is 11.8 Å². The van der Waals surface area contributed by atoms with Gasteiger partial charge in [0.1, 0.15) is 6.26 Å². The third-order valence-electron chi connectivity index (χ3n) is 3.17. The minimum Gasteiger partial charge on any atom is -0.472 e. The Kier molecular flexibility index (Phi) is 2.53. The Balaban J connectivity index is 2.06. The summed E-state index contributed by atoms with van der Waals surface area (Å²) in [5.41, 5.74) is 3.84. The van der Waals surface area contributed by atoms with E-state index in [1.54, 1.807) is 6.07 Å². The zero-order chi connectivity index (χ0) is 11.7. The standard InChI is InChI=1S/C14H13NO2/c16-14(11-5-7-17-9-11)13-3-1-2-10-8-15-6-4-12(10)13/h1-3,5,7,9,15H,4,6,8H2. The lowest BCUT2D eigenvalue weighted by Gasteiger charge is -2.19. The first-order chi connectivity index (χ1) is 8.36. The molecule has 1 aliphatic rings. The summed E-state index contributed by atoms with van der Waals surface area (Å²) in [7, 11) is 0. The van der Waals surface area contributed by atoms with Crippen LogP contribution in [0, 0.1) is 0 Å². The molecule has 0 fully saturated rings. The monoisotopic (exact) mass is 227 g/mol. The highest BCUT2D eigenvalue weighted by Crippen LogP contribution is 2.21. The highest BCUT2D eigenvalue weighted by molar-refractivity contribution is 6.09. The average molecular weight is 227 g/mol. The Labute approximate surface area is 99.4 Å². The van der Waals surface area contributed by atoms with E-state index >= 15 is 0 Å². The van der Waals surface area contributed by atoms with Gasteiger partial charge in [0.25, 0.3) is 0 Å². The number of benzene rings is 1. The van der Waals surface area contributed by atoms with Gasteiger partial charge in [-0.1, -0.05) is 18.2 Å². The van der Waals surface area contributed by atoms with E-state index in [2.05, 4.69) is 11.4 Å². The van der Waals surface area contributed by atoms with Crippen molar-refractivity contribution in [2.75, 3.05) is 6.54 Å². The minimum atomic E-state index is 0.0532. The first-order valence-corrected chi connectivity index (χ1v) is 5.74. The van der Waals surface area contributed by atoms with Crippen molar-refractivity contribution in [3.05, 3.63) is 59.0 Å². The van der Waals surface area contributed by atoms with Crippen LogP contribution in [0.1, 0.15) is 27.0 Å². The van der Waals surface area contributed by atoms with Gasteiger partial charge >= 0.3 is 0 Å². The van der Waals surface area contributed by atoms with Crippen LogP contribution in [-0.4, -0.2) is 12.3 Å². The van der Waals surface area contributed by atoms with E-state index < -0.39 is 0 Å². The van der Waals surface area contributed by atoms with Gasteiger partial charge in [-0.25, -0.2) is 0 Å². The van der Waals surface area contributed by atoms with Crippen LogP contribution in [0.2, 0.25) is 0 Å². The van der Waals surface area contributed by atoms with Crippen molar-refractivity contribution in [1.82, 2.24) is 5.32 Å². The molecule has 0 radical (unpaired) electrons. The van der Waals surface area contributed by atoms with E-state index in [1.165, 1.54) is 23.7 Å². The molecule has 1 N–H and O–H groups in total. The highest BCUT2D eigenvalue weighted by Gasteiger charge is 2.18. The third kappa shape index (κ3) is 1.78. The number of rotatable bonds is 2. The number of hydrogen-bond donors (Lipinski definition) is 1. The van der Waals surface area contributed by atoms with Crippen LogP contribution >= 0.6 is 0 Å². The van der Waals surface area contributed by atoms with Crippen LogP contribution < -0.4 is 5.32 Å². The molecule has 0 saturated carbocycles. The van der Waals surface area contributed by atoms with Crippen molar-refractivity contribution in [3.63, 3.8) is 0 Å². The molecule has 0 spiro atoms. The molecule has 2 aromatic rings. The molecule has 1 aromatic heterocycles. The summed E-state index contributed by atoms with van der Waals surface area (Å²) in [6.45, 7) is 1.78. The maximum atomic E-state index is 12.3. The third-order valence-corrected chi connectivity index (χ3v) is 3.17. The van der Waals surface area contributed by atoms with Crippen LogP contribution in [0.4, 0.5) is 0 Å². The van der Waals surface area contributed by atoms with Crippen LogP contribution in [0.3, 0.4) is 0 Å². The second-order valence-electron chi connectivity index (χ2n) is 4.21. The summed E-state index contributed by atoms with van der Waals surface area (Å²) in [6.07, 6.45) is 3.95. The molecular weight excluding hydrogens is 214 g/mol. The van der Waals surface area contributed by atoms with Gasteiger partial charge in [-0.3, -0.25) is 4.79 Å². The number of carbonyl (C=O) groups is 1. The largest absolute Gasteiger partial charge is 0.472 e. The van der Waals surface area contributed by atoms with Crippen molar-refractivity contribution in [2.45, 2.75) is 13.0 Å². The lowest BCUT2D eigenvalue weighted by Crippen LogP contribution is -2.25. The molecule has 2 heterocycles. The Morgan fingerprint density at radius 3 is 3.06 bits per heavy atom. The van der Waals surface area contributed by atoms with Crippen molar-refractivity contribution in [2.24, 2.45) is 0 Å². The number of furan rings is 1. The number of carbonyl (C=O) groups excluding carboxylic acids is 1. The van der Waals surface area contributed by atoms with E-state index in [1.807, 2.05) is 12.1 Å². The Hall–Kier alpha value is -1.87. The molecule has 3 nitrogen and oxygen atoms in total. The summed E-state index contributed by atoms with van der Waals surface area (Å²) in [5, 5.41) is 3.31. The number of nitrogens with one attached hydrogen (secondary N) is 1. The summed E-state index contributed by atoms with van der Waals surface area (Å²) >= 11 is 0. The first kappa shape index (κ1) is 10.3. The molecule has 86 valence electrons. The van der Waals surface area contributed by atoms with Crippen molar-refractivity contribution < 1.29 is 9.21 Å². The van der Waals surface area contributed by atoms with E-state index in [-0.39, 0.29) is 5.78 Å². The first-order valence-electron chi connectivity index (χ1n) is 5.74. The lowest BCUT2D eigenvalue weighted by molar-refractivity contribution is 0.103. The molecule has 3 rings (SSSR count). The predicted molar refractivity (Wildman–Crippen MR) is 64.0 cm³/mol. The predicted octanol–water partition coefficient (Wildman–Crippen LogP) is 2.16. The smallest absolute Gasteiger partial charge is 0.196 e. The van der Waals surface area contributed by atoms with E-state index in [4.69, 9.17) is 4.42 Å². The fourth-order valence-electron chi connectivity index (χ4n) is 2.29. The van der Waals surface area contributed by atoms with Gasteiger partial charge in [-0.2, -0.15) is 0 Å². The van der Waals surface area contributed by atoms with Crippen molar-refractivity contribution in [3.8, 4) is 0 Å². The molecule has 17 heavy (non-hydrogen) atoms.